The van der Waals surface area contributed by atoms with Gasteiger partial charge >= 0.3 is 5.97 Å². The van der Waals surface area contributed by atoms with Crippen LogP contribution >= 0.6 is 11.6 Å². The van der Waals surface area contributed by atoms with Crippen LogP contribution in [0.4, 0.5) is 10.1 Å². The molecule has 1 N–H and O–H groups in total. The predicted molar refractivity (Wildman–Crippen MR) is 97.7 cm³/mol. The maximum atomic E-state index is 13.3. The van der Waals surface area contributed by atoms with E-state index in [4.69, 9.17) is 16.3 Å². The third kappa shape index (κ3) is 3.73. The van der Waals surface area contributed by atoms with Gasteiger partial charge in [0, 0.05) is 10.7 Å². The molecule has 3 rings (SSSR count). The molecule has 1 fully saturated rings. The van der Waals surface area contributed by atoms with Crippen molar-refractivity contribution in [3.05, 3.63) is 64.4 Å². The number of carbonyl (C=O) groups is 2. The van der Waals surface area contributed by atoms with E-state index in [0.717, 1.165) is 17.5 Å². The molecule has 0 atom stereocenters. The molecule has 0 aliphatic heterocycles. The van der Waals surface area contributed by atoms with Crippen molar-refractivity contribution in [2.75, 3.05) is 11.9 Å². The van der Waals surface area contributed by atoms with Crippen molar-refractivity contribution >= 4 is 29.2 Å². The molecule has 0 spiro atoms. The fourth-order valence-corrected chi connectivity index (χ4v) is 3.22. The van der Waals surface area contributed by atoms with Crippen LogP contribution < -0.4 is 5.32 Å². The summed E-state index contributed by atoms with van der Waals surface area (Å²) in [5.41, 5.74) is 1.23. The van der Waals surface area contributed by atoms with Gasteiger partial charge in [-0.3, -0.25) is 9.59 Å². The van der Waals surface area contributed by atoms with Crippen molar-refractivity contribution in [3.8, 4) is 0 Å². The van der Waals surface area contributed by atoms with Gasteiger partial charge in [-0.1, -0.05) is 36.2 Å². The Morgan fingerprint density at radius 2 is 1.88 bits per heavy atom. The number of carbonyl (C=O) groups excluding carboxylic acids is 2. The van der Waals surface area contributed by atoms with E-state index < -0.39 is 29.7 Å². The van der Waals surface area contributed by atoms with E-state index in [1.54, 1.807) is 25.1 Å². The smallest absolute Gasteiger partial charge is 0.317 e. The Labute approximate surface area is 156 Å². The van der Waals surface area contributed by atoms with E-state index in [2.05, 4.69) is 5.32 Å². The minimum atomic E-state index is -0.709. The number of hydrogen-bond acceptors (Lipinski definition) is 3. The lowest BCUT2D eigenvalue weighted by molar-refractivity contribution is -0.156. The van der Waals surface area contributed by atoms with Gasteiger partial charge in [0.25, 0.3) is 5.91 Å². The third-order valence-electron chi connectivity index (χ3n) is 4.80. The van der Waals surface area contributed by atoms with Crippen LogP contribution in [0.1, 0.15) is 30.4 Å². The minimum Gasteiger partial charge on any atom is -0.455 e. The van der Waals surface area contributed by atoms with Crippen molar-refractivity contribution in [2.24, 2.45) is 0 Å². The molecule has 2 aromatic carbocycles. The monoisotopic (exact) mass is 375 g/mol. The zero-order chi connectivity index (χ0) is 18.7. The van der Waals surface area contributed by atoms with E-state index >= 15 is 0 Å². The van der Waals surface area contributed by atoms with Gasteiger partial charge in [-0.15, -0.1) is 0 Å². The third-order valence-corrected chi connectivity index (χ3v) is 5.05. The average molecular weight is 376 g/mol. The SMILES string of the molecule is Cc1ccc(F)cc1NC(=O)COC(=O)C1(c2ccc(Cl)cc2)CCC1. The van der Waals surface area contributed by atoms with Crippen LogP contribution in [0, 0.1) is 12.7 Å². The maximum Gasteiger partial charge on any atom is 0.317 e. The quantitative estimate of drug-likeness (QED) is 0.788. The van der Waals surface area contributed by atoms with E-state index in [9.17, 15) is 14.0 Å². The molecule has 6 heteroatoms. The lowest BCUT2D eigenvalue weighted by Gasteiger charge is -2.39. The summed E-state index contributed by atoms with van der Waals surface area (Å²) in [7, 11) is 0. The van der Waals surface area contributed by atoms with E-state index in [1.807, 2.05) is 12.1 Å². The molecule has 0 heterocycles. The summed E-state index contributed by atoms with van der Waals surface area (Å²) < 4.78 is 18.6. The first-order chi connectivity index (χ1) is 12.4. The van der Waals surface area contributed by atoms with Gasteiger partial charge in [-0.25, -0.2) is 4.39 Å². The van der Waals surface area contributed by atoms with Crippen LogP contribution in [-0.4, -0.2) is 18.5 Å². The second kappa shape index (κ2) is 7.46. The second-order valence-electron chi connectivity index (χ2n) is 6.53. The van der Waals surface area contributed by atoms with Crippen molar-refractivity contribution in [2.45, 2.75) is 31.6 Å². The lowest BCUT2D eigenvalue weighted by atomic mass is 9.64. The lowest BCUT2D eigenvalue weighted by Crippen LogP contribution is -2.44. The van der Waals surface area contributed by atoms with Gasteiger partial charge in [-0.2, -0.15) is 0 Å². The van der Waals surface area contributed by atoms with Crippen LogP contribution in [0.3, 0.4) is 0 Å². The maximum absolute atomic E-state index is 13.3. The van der Waals surface area contributed by atoms with Gasteiger partial charge in [0.1, 0.15) is 5.82 Å². The summed E-state index contributed by atoms with van der Waals surface area (Å²) in [6.07, 6.45) is 2.28. The molecule has 1 amide bonds. The molecule has 0 unspecified atom stereocenters. The number of hydrogen-bond donors (Lipinski definition) is 1. The summed E-state index contributed by atoms with van der Waals surface area (Å²) >= 11 is 5.91. The van der Waals surface area contributed by atoms with Gasteiger partial charge < -0.3 is 10.1 Å². The van der Waals surface area contributed by atoms with Gasteiger partial charge in [0.2, 0.25) is 0 Å². The number of benzene rings is 2. The van der Waals surface area contributed by atoms with Gasteiger partial charge in [-0.05, 0) is 55.2 Å². The van der Waals surface area contributed by atoms with Crippen molar-refractivity contribution in [1.82, 2.24) is 0 Å². The highest BCUT2D eigenvalue weighted by atomic mass is 35.5. The molecular formula is C20H19ClFNO3. The minimum absolute atomic E-state index is 0.363. The highest BCUT2D eigenvalue weighted by Crippen LogP contribution is 2.45. The number of halogens is 2. The Hall–Kier alpha value is -2.40. The van der Waals surface area contributed by atoms with Crippen LogP contribution in [0.25, 0.3) is 0 Å². The number of amides is 1. The summed E-state index contributed by atoms with van der Waals surface area (Å²) in [6, 6.07) is 11.2. The highest BCUT2D eigenvalue weighted by molar-refractivity contribution is 6.30. The standard InChI is InChI=1S/C20H19ClFNO3/c1-13-3-8-16(22)11-17(13)23-18(24)12-26-19(25)20(9-2-10-20)14-4-6-15(21)7-5-14/h3-8,11H,2,9-10,12H2,1H3,(H,23,24). The molecule has 26 heavy (non-hydrogen) atoms. The Kier molecular flexibility index (Phi) is 5.28. The Morgan fingerprint density at radius 1 is 1.19 bits per heavy atom. The largest absolute Gasteiger partial charge is 0.455 e. The number of nitrogens with one attached hydrogen (secondary N) is 1. The van der Waals surface area contributed by atoms with Gasteiger partial charge in [0.15, 0.2) is 6.61 Å². The predicted octanol–water partition coefficient (Wildman–Crippen LogP) is 4.39. The molecule has 0 saturated heterocycles. The normalized spacial score (nSPS) is 15.0. The number of aryl methyl sites for hydroxylation is 1. The number of ether oxygens (including phenoxy) is 1. The van der Waals surface area contributed by atoms with Crippen LogP contribution in [0.2, 0.25) is 5.02 Å². The van der Waals surface area contributed by atoms with E-state index in [1.165, 1.54) is 12.1 Å². The number of rotatable bonds is 5. The Balaban J connectivity index is 1.63. The first kappa shape index (κ1) is 18.4. The zero-order valence-electron chi connectivity index (χ0n) is 14.4. The Morgan fingerprint density at radius 3 is 2.50 bits per heavy atom. The highest BCUT2D eigenvalue weighted by Gasteiger charge is 2.47. The first-order valence-corrected chi connectivity index (χ1v) is 8.78. The molecule has 1 saturated carbocycles. The van der Waals surface area contributed by atoms with Crippen LogP contribution in [0.5, 0.6) is 0 Å². The topological polar surface area (TPSA) is 55.4 Å². The van der Waals surface area contributed by atoms with Crippen molar-refractivity contribution in [3.63, 3.8) is 0 Å². The fraction of sp³-hybridized carbons (Fsp3) is 0.300. The Bertz CT molecular complexity index is 831. The summed E-state index contributed by atoms with van der Waals surface area (Å²) in [4.78, 5) is 24.7. The van der Waals surface area contributed by atoms with Crippen molar-refractivity contribution in [1.29, 1.82) is 0 Å². The van der Waals surface area contributed by atoms with E-state index in [0.29, 0.717) is 23.6 Å². The average Bonchev–Trinajstić information content (AvgIpc) is 2.57. The summed E-state index contributed by atoms with van der Waals surface area (Å²) in [6.45, 7) is 1.34. The van der Waals surface area contributed by atoms with E-state index in [-0.39, 0.29) is 0 Å². The van der Waals surface area contributed by atoms with Crippen LogP contribution in [0.15, 0.2) is 42.5 Å². The first-order valence-electron chi connectivity index (χ1n) is 8.40. The molecule has 1 aliphatic rings. The number of esters is 1. The summed E-state index contributed by atoms with van der Waals surface area (Å²) in [5, 5.41) is 3.17. The molecule has 136 valence electrons. The molecule has 0 radical (unpaired) electrons. The molecule has 0 bridgehead atoms. The molecular weight excluding hydrogens is 357 g/mol. The van der Waals surface area contributed by atoms with Crippen molar-refractivity contribution < 1.29 is 18.7 Å². The van der Waals surface area contributed by atoms with Crippen LogP contribution in [-0.2, 0) is 19.7 Å². The molecule has 0 aromatic heterocycles. The summed E-state index contributed by atoms with van der Waals surface area (Å²) in [5.74, 6) is -1.37. The molecule has 4 nitrogen and oxygen atoms in total. The molecule has 1 aliphatic carbocycles. The second-order valence-corrected chi connectivity index (χ2v) is 6.96. The van der Waals surface area contributed by atoms with Gasteiger partial charge in [0.05, 0.1) is 5.41 Å². The zero-order valence-corrected chi connectivity index (χ0v) is 15.1. The molecule has 2 aromatic rings. The fourth-order valence-electron chi connectivity index (χ4n) is 3.09. The number of anilines is 1.